The van der Waals surface area contributed by atoms with Crippen LogP contribution in [0.25, 0.3) is 33.3 Å². The van der Waals surface area contributed by atoms with E-state index in [-0.39, 0.29) is 11.7 Å². The summed E-state index contributed by atoms with van der Waals surface area (Å²) in [7, 11) is 0. The lowest BCUT2D eigenvalue weighted by Gasteiger charge is -2.29. The topological polar surface area (TPSA) is 90.9 Å². The predicted molar refractivity (Wildman–Crippen MR) is 216 cm³/mol. The Hall–Kier alpha value is -6.00. The second kappa shape index (κ2) is 16.0. The smallest absolute Gasteiger partial charge is 0.369 e. The molecule has 1 amide bonds. The number of carbonyl (C=O) groups excluding carboxylic acids is 2. The molecule has 10 heteroatoms. The molecule has 0 unspecified atom stereocenters. The number of halogens is 3. The first-order valence-electron chi connectivity index (χ1n) is 18.2. The number of thioether (sulfide) groups is 1. The zero-order valence-electron chi connectivity index (χ0n) is 30.9. The number of aromatic nitrogens is 3. The van der Waals surface area contributed by atoms with Gasteiger partial charge in [-0.1, -0.05) is 109 Å². The predicted octanol–water partition coefficient (Wildman–Crippen LogP) is 10.8. The molecule has 5 aromatic carbocycles. The van der Waals surface area contributed by atoms with Crippen LogP contribution >= 0.6 is 11.8 Å². The highest BCUT2D eigenvalue weighted by atomic mass is 32.2. The number of nitrogens with two attached hydrogens (primary N) is 1. The molecule has 0 aliphatic heterocycles. The number of nitrogens with zero attached hydrogens (tertiary/aromatic N) is 3. The van der Waals surface area contributed by atoms with Crippen LogP contribution in [0.2, 0.25) is 0 Å². The van der Waals surface area contributed by atoms with Crippen LogP contribution in [0.15, 0.2) is 145 Å². The van der Waals surface area contributed by atoms with Gasteiger partial charge in [0, 0.05) is 24.1 Å². The number of benzene rings is 5. The molecule has 7 aromatic rings. The molecule has 0 spiro atoms. The lowest BCUT2D eigenvalue weighted by Crippen LogP contribution is -2.41. The lowest BCUT2D eigenvalue weighted by atomic mass is 9.74. The van der Waals surface area contributed by atoms with Crippen molar-refractivity contribution in [3.05, 3.63) is 173 Å². The van der Waals surface area contributed by atoms with Crippen molar-refractivity contribution in [2.45, 2.75) is 55.7 Å². The van der Waals surface area contributed by atoms with Crippen molar-refractivity contribution in [3.63, 3.8) is 0 Å². The van der Waals surface area contributed by atoms with Crippen LogP contribution in [0.5, 0.6) is 0 Å². The molecule has 0 radical (unpaired) electrons. The van der Waals surface area contributed by atoms with Gasteiger partial charge in [0.15, 0.2) is 10.9 Å². The molecular formula is C46H39F3N4O2S. The van der Waals surface area contributed by atoms with Gasteiger partial charge in [0.25, 0.3) is 0 Å². The molecule has 0 saturated heterocycles. The van der Waals surface area contributed by atoms with Gasteiger partial charge in [-0.05, 0) is 102 Å². The fourth-order valence-electron chi connectivity index (χ4n) is 7.53. The van der Waals surface area contributed by atoms with Crippen molar-refractivity contribution >= 4 is 34.5 Å². The number of imidazole rings is 1. The SMILES string of the molecule is CC(=O)c1ccccc1-c1ccc(C(F)(F)F)cc1.Cc1ccc2nc(SCc3ccccn3)n(CCCC3(C(N)=O)c4ccccc4-c4ccccc43)c2c1. The third-order valence-electron chi connectivity index (χ3n) is 10.2. The van der Waals surface area contributed by atoms with E-state index < -0.39 is 17.2 Å². The van der Waals surface area contributed by atoms with Crippen molar-refractivity contribution in [3.8, 4) is 22.3 Å². The fourth-order valence-corrected chi connectivity index (χ4v) is 8.48. The van der Waals surface area contributed by atoms with E-state index in [2.05, 4.69) is 58.9 Å². The van der Waals surface area contributed by atoms with Gasteiger partial charge in [0.05, 0.1) is 27.7 Å². The minimum absolute atomic E-state index is 0.115. The molecule has 0 atom stereocenters. The molecule has 2 aromatic heterocycles. The number of carbonyl (C=O) groups is 2. The van der Waals surface area contributed by atoms with Crippen LogP contribution in [-0.4, -0.2) is 26.2 Å². The molecule has 56 heavy (non-hydrogen) atoms. The Morgan fingerprint density at radius 1 is 0.786 bits per heavy atom. The third-order valence-corrected chi connectivity index (χ3v) is 11.2. The summed E-state index contributed by atoms with van der Waals surface area (Å²) in [5.74, 6) is 0.339. The average Bonchev–Trinajstić information content (AvgIpc) is 3.70. The Bertz CT molecular complexity index is 2490. The first kappa shape index (κ1) is 38.3. The van der Waals surface area contributed by atoms with Gasteiger partial charge < -0.3 is 10.3 Å². The lowest BCUT2D eigenvalue weighted by molar-refractivity contribution is -0.137. The number of fused-ring (bicyclic) bond motifs is 4. The van der Waals surface area contributed by atoms with Gasteiger partial charge in [-0.2, -0.15) is 13.2 Å². The van der Waals surface area contributed by atoms with E-state index in [1.165, 1.54) is 24.6 Å². The number of pyridine rings is 1. The number of hydrogen-bond donors (Lipinski definition) is 1. The normalized spacial score (nSPS) is 12.7. The van der Waals surface area contributed by atoms with E-state index >= 15 is 0 Å². The maximum Gasteiger partial charge on any atom is 0.416 e. The van der Waals surface area contributed by atoms with Crippen molar-refractivity contribution in [2.75, 3.05) is 0 Å². The maximum absolute atomic E-state index is 13.2. The fraction of sp³-hybridized carbons (Fsp3) is 0.174. The van der Waals surface area contributed by atoms with E-state index in [1.807, 2.05) is 48.7 Å². The van der Waals surface area contributed by atoms with Crippen molar-refractivity contribution in [2.24, 2.45) is 5.73 Å². The van der Waals surface area contributed by atoms with E-state index in [0.717, 1.165) is 75.0 Å². The molecule has 282 valence electrons. The highest BCUT2D eigenvalue weighted by molar-refractivity contribution is 7.98. The molecule has 0 bridgehead atoms. The minimum Gasteiger partial charge on any atom is -0.369 e. The van der Waals surface area contributed by atoms with Gasteiger partial charge in [0.2, 0.25) is 5.91 Å². The first-order chi connectivity index (χ1) is 27.0. The summed E-state index contributed by atoms with van der Waals surface area (Å²) >= 11 is 1.69. The summed E-state index contributed by atoms with van der Waals surface area (Å²) in [4.78, 5) is 34.1. The number of alkyl halides is 3. The van der Waals surface area contributed by atoms with Crippen LogP contribution in [-0.2, 0) is 28.7 Å². The largest absolute Gasteiger partial charge is 0.416 e. The Labute approximate surface area is 327 Å². The summed E-state index contributed by atoms with van der Waals surface area (Å²) in [5, 5.41) is 0.964. The average molecular weight is 769 g/mol. The van der Waals surface area contributed by atoms with Crippen LogP contribution < -0.4 is 5.73 Å². The quantitative estimate of drug-likeness (QED) is 0.111. The second-order valence-electron chi connectivity index (χ2n) is 13.8. The van der Waals surface area contributed by atoms with E-state index in [4.69, 9.17) is 10.7 Å². The molecule has 6 nitrogen and oxygen atoms in total. The van der Waals surface area contributed by atoms with E-state index in [1.54, 1.807) is 36.0 Å². The Morgan fingerprint density at radius 3 is 2.02 bits per heavy atom. The maximum atomic E-state index is 13.2. The van der Waals surface area contributed by atoms with Crippen LogP contribution in [0.3, 0.4) is 0 Å². The molecule has 0 saturated carbocycles. The summed E-state index contributed by atoms with van der Waals surface area (Å²) in [5.41, 5.74) is 15.0. The van der Waals surface area contributed by atoms with E-state index in [9.17, 15) is 22.8 Å². The summed E-state index contributed by atoms with van der Waals surface area (Å²) < 4.78 is 39.7. The highest BCUT2D eigenvalue weighted by Crippen LogP contribution is 2.51. The molecule has 0 fully saturated rings. The summed E-state index contributed by atoms with van der Waals surface area (Å²) in [6.07, 6.45) is -1.12. The Morgan fingerprint density at radius 2 is 1.41 bits per heavy atom. The van der Waals surface area contributed by atoms with Crippen molar-refractivity contribution < 1.29 is 22.8 Å². The third kappa shape index (κ3) is 7.62. The number of amides is 1. The molecule has 8 rings (SSSR count). The van der Waals surface area contributed by atoms with Crippen LogP contribution in [0.4, 0.5) is 13.2 Å². The van der Waals surface area contributed by atoms with Gasteiger partial charge in [0.1, 0.15) is 0 Å². The summed E-state index contributed by atoms with van der Waals surface area (Å²) in [6.45, 7) is 4.28. The van der Waals surface area contributed by atoms with Crippen molar-refractivity contribution in [1.29, 1.82) is 0 Å². The number of aryl methyl sites for hydroxylation is 2. The molecule has 2 N–H and O–H groups in total. The van der Waals surface area contributed by atoms with Gasteiger partial charge in [-0.25, -0.2) is 4.98 Å². The van der Waals surface area contributed by atoms with Crippen molar-refractivity contribution in [1.82, 2.24) is 14.5 Å². The number of ketones is 1. The van der Waals surface area contributed by atoms with Gasteiger partial charge in [-0.15, -0.1) is 0 Å². The monoisotopic (exact) mass is 768 g/mol. The number of hydrogen-bond acceptors (Lipinski definition) is 5. The van der Waals surface area contributed by atoms with Crippen LogP contribution in [0.1, 0.15) is 58.1 Å². The zero-order valence-corrected chi connectivity index (χ0v) is 31.7. The summed E-state index contributed by atoms with van der Waals surface area (Å²) in [6, 6.07) is 40.4. The Balaban J connectivity index is 0.000000213. The molecule has 2 heterocycles. The van der Waals surface area contributed by atoms with Crippen LogP contribution in [0, 0.1) is 6.92 Å². The minimum atomic E-state index is -4.35. The zero-order chi connectivity index (χ0) is 39.5. The molecule has 1 aliphatic carbocycles. The highest BCUT2D eigenvalue weighted by Gasteiger charge is 2.47. The molecule has 1 aliphatic rings. The number of primary amides is 1. The van der Waals surface area contributed by atoms with Gasteiger partial charge >= 0.3 is 6.18 Å². The standard InChI is InChI=1S/C31H28N4OS.C15H11F3O/c1-21-14-15-27-28(19-21)35(30(34-27)37-20-22-9-6-7-17-33-22)18-8-16-31(29(32)36)25-12-4-2-10-23(25)24-11-3-5-13-26(24)31;1-10(19)13-4-2-3-5-14(13)11-6-8-12(9-7-11)15(16,17)18/h2-7,9-15,17,19H,8,16,18,20H2,1H3,(H2,32,36);2-9H,1H3. The van der Waals surface area contributed by atoms with Gasteiger partial charge in [-0.3, -0.25) is 14.6 Å². The first-order valence-corrected chi connectivity index (χ1v) is 19.2. The second-order valence-corrected chi connectivity index (χ2v) is 14.7. The number of Topliss-reactive ketones (excluding diaryl/α,β-unsaturated/α-hetero) is 1. The Kier molecular flexibility index (Phi) is 10.9. The number of rotatable bonds is 10. The van der Waals surface area contributed by atoms with E-state index in [0.29, 0.717) is 23.1 Å². The molecular weight excluding hydrogens is 730 g/mol.